The zero-order valence-corrected chi connectivity index (χ0v) is 20.2. The van der Waals surface area contributed by atoms with Crippen LogP contribution in [0.2, 0.25) is 0 Å². The molecule has 0 amide bonds. The van der Waals surface area contributed by atoms with E-state index in [4.69, 9.17) is 36.1 Å². The predicted molar refractivity (Wildman–Crippen MR) is 120 cm³/mol. The Bertz CT molecular complexity index is 716. The van der Waals surface area contributed by atoms with Crippen molar-refractivity contribution >= 4 is 0 Å². The Morgan fingerprint density at radius 3 is 1.81 bits per heavy atom. The fourth-order valence-corrected chi connectivity index (χ4v) is 5.59. The number of rotatable bonds is 7. The minimum atomic E-state index is -1.55. The number of aliphatic hydroxyl groups is 8. The molecule has 0 aromatic carbocycles. The Morgan fingerprint density at radius 2 is 1.25 bits per heavy atom. The zero-order chi connectivity index (χ0) is 27.1. The Morgan fingerprint density at radius 1 is 0.667 bits per heavy atom. The molecule has 3 heterocycles. The number of hydrogen-bond acceptors (Lipinski definition) is 15. The summed E-state index contributed by atoms with van der Waals surface area (Å²) in [6, 6.07) is -3.60. The SMILES string of the molecule is CC(C)([C@@H]1C(CO)O[C@@H](O[C@@H]2C(CO)O[C@@H](O)C(N)C2O)C(N)C1O)[C@@H]1OC(CO)[C@@H](O)C(O)C1N. The molecule has 3 aliphatic rings. The predicted octanol–water partition coefficient (Wildman–Crippen LogP) is -6.37. The van der Waals surface area contributed by atoms with Gasteiger partial charge in [-0.25, -0.2) is 0 Å². The van der Waals surface area contributed by atoms with Gasteiger partial charge in [-0.05, 0) is 0 Å². The topological polar surface area (TPSA) is 277 Å². The van der Waals surface area contributed by atoms with Gasteiger partial charge in [0.1, 0.15) is 36.6 Å². The molecule has 15 heteroatoms. The fraction of sp³-hybridized carbons (Fsp3) is 1.00. The number of ether oxygens (including phenoxy) is 4. The van der Waals surface area contributed by atoms with E-state index in [9.17, 15) is 40.9 Å². The molecule has 15 nitrogen and oxygen atoms in total. The molecule has 0 spiro atoms. The summed E-state index contributed by atoms with van der Waals surface area (Å²) < 4.78 is 22.7. The monoisotopic (exact) mass is 527 g/mol. The van der Waals surface area contributed by atoms with Crippen LogP contribution in [0.25, 0.3) is 0 Å². The van der Waals surface area contributed by atoms with Crippen LogP contribution in [0.4, 0.5) is 0 Å². The van der Waals surface area contributed by atoms with Gasteiger partial charge in [0.25, 0.3) is 0 Å². The van der Waals surface area contributed by atoms with Crippen molar-refractivity contribution in [1.82, 2.24) is 0 Å². The zero-order valence-electron chi connectivity index (χ0n) is 20.2. The van der Waals surface area contributed by atoms with Crippen LogP contribution >= 0.6 is 0 Å². The minimum Gasteiger partial charge on any atom is -0.394 e. The van der Waals surface area contributed by atoms with Crippen LogP contribution < -0.4 is 17.2 Å². The molecule has 3 aliphatic heterocycles. The molecule has 3 fully saturated rings. The summed E-state index contributed by atoms with van der Waals surface area (Å²) in [4.78, 5) is 0. The first-order chi connectivity index (χ1) is 16.8. The molecule has 0 aromatic rings. The van der Waals surface area contributed by atoms with Crippen molar-refractivity contribution in [3.05, 3.63) is 0 Å². The van der Waals surface area contributed by atoms with Gasteiger partial charge in [-0.1, -0.05) is 13.8 Å². The average Bonchev–Trinajstić information content (AvgIpc) is 2.84. The van der Waals surface area contributed by atoms with E-state index in [1.54, 1.807) is 13.8 Å². The number of aliphatic hydroxyl groups excluding tert-OH is 8. The van der Waals surface area contributed by atoms with Gasteiger partial charge in [-0.3, -0.25) is 0 Å². The molecule has 0 aliphatic carbocycles. The molecule has 36 heavy (non-hydrogen) atoms. The third-order valence-corrected chi connectivity index (χ3v) is 7.75. The van der Waals surface area contributed by atoms with Crippen LogP contribution in [0, 0.1) is 11.3 Å². The van der Waals surface area contributed by atoms with Crippen LogP contribution in [0.5, 0.6) is 0 Å². The molecule has 14 N–H and O–H groups in total. The van der Waals surface area contributed by atoms with Gasteiger partial charge in [0.05, 0.1) is 56.3 Å². The fourth-order valence-electron chi connectivity index (χ4n) is 5.59. The van der Waals surface area contributed by atoms with Crippen LogP contribution in [-0.4, -0.2) is 146 Å². The summed E-state index contributed by atoms with van der Waals surface area (Å²) in [7, 11) is 0. The lowest BCUT2D eigenvalue weighted by Gasteiger charge is -2.55. The van der Waals surface area contributed by atoms with E-state index >= 15 is 0 Å². The summed E-state index contributed by atoms with van der Waals surface area (Å²) in [6.07, 6.45) is -14.3. The molecular formula is C21H41N3O12. The second-order valence-electron chi connectivity index (χ2n) is 10.4. The van der Waals surface area contributed by atoms with E-state index < -0.39 is 117 Å². The van der Waals surface area contributed by atoms with E-state index in [0.29, 0.717) is 0 Å². The maximum absolute atomic E-state index is 11.3. The average molecular weight is 528 g/mol. The molecular weight excluding hydrogens is 486 g/mol. The third-order valence-electron chi connectivity index (χ3n) is 7.75. The maximum atomic E-state index is 11.3. The lowest BCUT2D eigenvalue weighted by molar-refractivity contribution is -0.330. The highest BCUT2D eigenvalue weighted by atomic mass is 16.7. The van der Waals surface area contributed by atoms with Gasteiger partial charge in [0, 0.05) is 11.3 Å². The van der Waals surface area contributed by atoms with Gasteiger partial charge in [0.2, 0.25) is 0 Å². The molecule has 9 unspecified atom stereocenters. The number of hydrogen-bond donors (Lipinski definition) is 11. The Hall–Kier alpha value is -0.600. The quantitative estimate of drug-likeness (QED) is 0.147. The van der Waals surface area contributed by atoms with Crippen molar-refractivity contribution in [3.63, 3.8) is 0 Å². The Labute approximate surface area is 208 Å². The van der Waals surface area contributed by atoms with E-state index in [1.165, 1.54) is 0 Å². The van der Waals surface area contributed by atoms with Crippen LogP contribution in [0.1, 0.15) is 13.8 Å². The molecule has 15 atom stereocenters. The molecule has 0 saturated carbocycles. The molecule has 0 radical (unpaired) electrons. The molecule has 212 valence electrons. The van der Waals surface area contributed by atoms with Crippen molar-refractivity contribution in [2.24, 2.45) is 28.5 Å². The van der Waals surface area contributed by atoms with Gasteiger partial charge in [-0.2, -0.15) is 0 Å². The molecule has 3 saturated heterocycles. The highest BCUT2D eigenvalue weighted by Crippen LogP contribution is 2.45. The van der Waals surface area contributed by atoms with Crippen molar-refractivity contribution < 1.29 is 59.8 Å². The Kier molecular flexibility index (Phi) is 9.69. The minimum absolute atomic E-state index is 0.589. The first-order valence-corrected chi connectivity index (χ1v) is 11.9. The lowest BCUT2D eigenvalue weighted by atomic mass is 9.64. The largest absolute Gasteiger partial charge is 0.394 e. The lowest BCUT2D eigenvalue weighted by Crippen LogP contribution is -2.71. The smallest absolute Gasteiger partial charge is 0.176 e. The third kappa shape index (κ3) is 5.29. The van der Waals surface area contributed by atoms with Crippen LogP contribution in [-0.2, 0) is 18.9 Å². The van der Waals surface area contributed by atoms with Crippen molar-refractivity contribution in [2.45, 2.75) is 99.5 Å². The van der Waals surface area contributed by atoms with E-state index in [1.807, 2.05) is 0 Å². The van der Waals surface area contributed by atoms with E-state index in [2.05, 4.69) is 0 Å². The highest BCUT2D eigenvalue weighted by Gasteiger charge is 2.58. The van der Waals surface area contributed by atoms with E-state index in [-0.39, 0.29) is 0 Å². The van der Waals surface area contributed by atoms with Gasteiger partial charge in [0.15, 0.2) is 12.6 Å². The number of nitrogens with two attached hydrogens (primary N) is 3. The van der Waals surface area contributed by atoms with Crippen molar-refractivity contribution in [1.29, 1.82) is 0 Å². The first-order valence-electron chi connectivity index (χ1n) is 11.9. The molecule has 0 bridgehead atoms. The van der Waals surface area contributed by atoms with Crippen molar-refractivity contribution in [3.8, 4) is 0 Å². The van der Waals surface area contributed by atoms with Crippen molar-refractivity contribution in [2.75, 3.05) is 19.8 Å². The normalized spacial score (nSPS) is 50.8. The second kappa shape index (κ2) is 11.6. The maximum Gasteiger partial charge on any atom is 0.176 e. The summed E-state index contributed by atoms with van der Waals surface area (Å²) >= 11 is 0. The first kappa shape index (κ1) is 29.9. The van der Waals surface area contributed by atoms with Gasteiger partial charge < -0.3 is 77.0 Å². The standard InChI is InChI=1S/C21H41N3O12/c1-21(2,18-10(22)15(30)13(28)7(4-26)33-18)9-6(3-25)35-20(12(24)14(9)29)36-17-8(5-27)34-19(32)11(23)16(17)31/h6-20,25-32H,3-5,22-24H2,1-2H3/t6?,7?,8?,9-,10?,11?,12?,13-,14?,15?,16?,17-,18-,19-,20+/m1/s1. The summed E-state index contributed by atoms with van der Waals surface area (Å²) in [5.74, 6) is -0.930. The molecule has 0 aromatic heterocycles. The highest BCUT2D eigenvalue weighted by molar-refractivity contribution is 5.07. The van der Waals surface area contributed by atoms with Gasteiger partial charge >= 0.3 is 0 Å². The van der Waals surface area contributed by atoms with E-state index in [0.717, 1.165) is 0 Å². The summed E-state index contributed by atoms with van der Waals surface area (Å²) in [5.41, 5.74) is 17.0. The summed E-state index contributed by atoms with van der Waals surface area (Å²) in [5, 5.41) is 81.5. The van der Waals surface area contributed by atoms with Gasteiger partial charge in [-0.15, -0.1) is 0 Å². The Balaban J connectivity index is 1.83. The van der Waals surface area contributed by atoms with Crippen LogP contribution in [0.15, 0.2) is 0 Å². The second-order valence-corrected chi connectivity index (χ2v) is 10.4. The summed E-state index contributed by atoms with van der Waals surface area (Å²) in [6.45, 7) is 1.50. The van der Waals surface area contributed by atoms with Crippen LogP contribution in [0.3, 0.4) is 0 Å². The molecule has 3 rings (SSSR count).